The van der Waals surface area contributed by atoms with Crippen LogP contribution in [0.25, 0.3) is 0 Å². The molecule has 0 amide bonds. The maximum Gasteiger partial charge on any atom is 0.420 e. The van der Waals surface area contributed by atoms with Gasteiger partial charge in [0.1, 0.15) is 5.56 Å². The largest absolute Gasteiger partial charge is 0.504 e. The molecule has 130 valence electrons. The topological polar surface area (TPSA) is 52.5 Å². The lowest BCUT2D eigenvalue weighted by atomic mass is 9.85. The van der Waals surface area contributed by atoms with E-state index in [-0.39, 0.29) is 30.3 Å². The Bertz CT molecular complexity index is 720. The van der Waals surface area contributed by atoms with Crippen LogP contribution in [0.15, 0.2) is 36.4 Å². The fourth-order valence-electron chi connectivity index (χ4n) is 3.16. The van der Waals surface area contributed by atoms with Gasteiger partial charge in [0.05, 0.1) is 0 Å². The first kappa shape index (κ1) is 18.4. The number of halogens is 4. The van der Waals surface area contributed by atoms with E-state index in [0.29, 0.717) is 18.7 Å². The quantitative estimate of drug-likeness (QED) is 0.678. The van der Waals surface area contributed by atoms with Gasteiger partial charge in [-0.25, -0.2) is 0 Å². The van der Waals surface area contributed by atoms with Gasteiger partial charge in [0.25, 0.3) is 0 Å². The van der Waals surface area contributed by atoms with Gasteiger partial charge in [-0.1, -0.05) is 30.3 Å². The number of phenols is 2. The first-order chi connectivity index (χ1) is 10.9. The summed E-state index contributed by atoms with van der Waals surface area (Å²) < 4.78 is 40.2. The normalized spacial score (nSPS) is 17.5. The molecule has 24 heavy (non-hydrogen) atoms. The summed E-state index contributed by atoms with van der Waals surface area (Å²) >= 11 is 0. The molecule has 0 saturated heterocycles. The van der Waals surface area contributed by atoms with Crippen LogP contribution in [0.1, 0.15) is 28.2 Å². The standard InChI is InChI=1S/C17H16F3NO2.ClH/c18-17(19,20)15-11-6-7-21-9-13(10-4-2-1-3-5-10)12(11)8-14(22)16(15)23;/h1-5,8,13,21-23H,6-7,9H2;1H. The number of aromatic hydroxyl groups is 2. The third-order valence-electron chi connectivity index (χ3n) is 4.18. The number of hydrogen-bond acceptors (Lipinski definition) is 3. The summed E-state index contributed by atoms with van der Waals surface area (Å²) in [6, 6.07) is 10.4. The van der Waals surface area contributed by atoms with Crippen molar-refractivity contribution < 1.29 is 23.4 Å². The number of fused-ring (bicyclic) bond motifs is 1. The van der Waals surface area contributed by atoms with Crippen LogP contribution >= 0.6 is 12.4 Å². The highest BCUT2D eigenvalue weighted by Gasteiger charge is 2.40. The van der Waals surface area contributed by atoms with Gasteiger partial charge in [0, 0.05) is 12.5 Å². The third-order valence-corrected chi connectivity index (χ3v) is 4.18. The fraction of sp³-hybridized carbons (Fsp3) is 0.294. The van der Waals surface area contributed by atoms with Crippen LogP contribution in [0, 0.1) is 0 Å². The summed E-state index contributed by atoms with van der Waals surface area (Å²) in [4.78, 5) is 0. The molecule has 1 atom stereocenters. The summed E-state index contributed by atoms with van der Waals surface area (Å²) in [5.41, 5.74) is 0.189. The molecule has 3 nitrogen and oxygen atoms in total. The maximum absolute atomic E-state index is 13.4. The zero-order chi connectivity index (χ0) is 16.6. The molecular weight excluding hydrogens is 343 g/mol. The van der Waals surface area contributed by atoms with Gasteiger partial charge in [-0.05, 0) is 35.7 Å². The molecule has 0 bridgehead atoms. The zero-order valence-electron chi connectivity index (χ0n) is 12.6. The molecule has 1 unspecified atom stereocenters. The molecule has 0 saturated carbocycles. The average molecular weight is 360 g/mol. The van der Waals surface area contributed by atoms with Gasteiger partial charge < -0.3 is 15.5 Å². The number of hydrogen-bond donors (Lipinski definition) is 3. The minimum Gasteiger partial charge on any atom is -0.504 e. The SMILES string of the molecule is Cl.Oc1cc2c(c(C(F)(F)F)c1O)CCNCC2c1ccccc1. The van der Waals surface area contributed by atoms with Gasteiger partial charge >= 0.3 is 6.18 Å². The van der Waals surface area contributed by atoms with E-state index in [0.717, 1.165) is 5.56 Å². The van der Waals surface area contributed by atoms with Crippen molar-refractivity contribution in [3.05, 3.63) is 58.7 Å². The van der Waals surface area contributed by atoms with Crippen LogP contribution < -0.4 is 5.32 Å². The average Bonchev–Trinajstić information content (AvgIpc) is 2.70. The van der Waals surface area contributed by atoms with Crippen molar-refractivity contribution in [2.45, 2.75) is 18.5 Å². The first-order valence-corrected chi connectivity index (χ1v) is 7.30. The molecule has 0 radical (unpaired) electrons. The minimum absolute atomic E-state index is 0. The Morgan fingerprint density at radius 3 is 2.38 bits per heavy atom. The van der Waals surface area contributed by atoms with Gasteiger partial charge in [-0.3, -0.25) is 0 Å². The molecular formula is C17H17ClF3NO2. The second-order valence-electron chi connectivity index (χ2n) is 5.60. The molecule has 0 fully saturated rings. The molecule has 1 heterocycles. The van der Waals surface area contributed by atoms with E-state index in [2.05, 4.69) is 5.32 Å². The minimum atomic E-state index is -4.72. The van der Waals surface area contributed by atoms with Gasteiger partial charge in [-0.15, -0.1) is 12.4 Å². The molecule has 0 spiro atoms. The summed E-state index contributed by atoms with van der Waals surface area (Å²) in [5.74, 6) is -2.15. The Balaban J connectivity index is 0.00000208. The van der Waals surface area contributed by atoms with Crippen LogP contribution in [-0.2, 0) is 12.6 Å². The molecule has 3 rings (SSSR count). The van der Waals surface area contributed by atoms with Crippen molar-refractivity contribution in [2.24, 2.45) is 0 Å². The van der Waals surface area contributed by atoms with Gasteiger partial charge in [0.15, 0.2) is 11.5 Å². The van der Waals surface area contributed by atoms with E-state index in [1.54, 1.807) is 0 Å². The lowest BCUT2D eigenvalue weighted by Crippen LogP contribution is -2.20. The lowest BCUT2D eigenvalue weighted by molar-refractivity contribution is -0.139. The van der Waals surface area contributed by atoms with E-state index < -0.39 is 23.2 Å². The molecule has 1 aliphatic rings. The predicted molar refractivity (Wildman–Crippen MR) is 86.9 cm³/mol. The monoisotopic (exact) mass is 359 g/mol. The number of benzene rings is 2. The van der Waals surface area contributed by atoms with Crippen molar-refractivity contribution in [1.82, 2.24) is 5.32 Å². The molecule has 2 aromatic carbocycles. The maximum atomic E-state index is 13.4. The number of phenolic OH excluding ortho intramolecular Hbond substituents is 2. The smallest absolute Gasteiger partial charge is 0.420 e. The number of alkyl halides is 3. The van der Waals surface area contributed by atoms with E-state index in [1.165, 1.54) is 6.07 Å². The highest BCUT2D eigenvalue weighted by Crippen LogP contribution is 2.47. The van der Waals surface area contributed by atoms with Crippen LogP contribution in [-0.4, -0.2) is 23.3 Å². The summed E-state index contributed by atoms with van der Waals surface area (Å²) in [5, 5.41) is 22.7. The Hall–Kier alpha value is -1.92. The summed E-state index contributed by atoms with van der Waals surface area (Å²) in [7, 11) is 0. The second kappa shape index (κ2) is 6.91. The zero-order valence-corrected chi connectivity index (χ0v) is 13.4. The van der Waals surface area contributed by atoms with Crippen LogP contribution in [0.4, 0.5) is 13.2 Å². The van der Waals surface area contributed by atoms with E-state index in [1.807, 2.05) is 30.3 Å². The fourth-order valence-corrected chi connectivity index (χ4v) is 3.16. The van der Waals surface area contributed by atoms with Crippen molar-refractivity contribution in [3.63, 3.8) is 0 Å². The number of nitrogens with one attached hydrogen (secondary N) is 1. The highest BCUT2D eigenvalue weighted by atomic mass is 35.5. The Labute approximate surface area is 143 Å². The first-order valence-electron chi connectivity index (χ1n) is 7.30. The highest BCUT2D eigenvalue weighted by molar-refractivity contribution is 5.85. The van der Waals surface area contributed by atoms with E-state index in [4.69, 9.17) is 0 Å². The van der Waals surface area contributed by atoms with Gasteiger partial charge in [-0.2, -0.15) is 13.2 Å². The second-order valence-corrected chi connectivity index (χ2v) is 5.60. The van der Waals surface area contributed by atoms with Crippen molar-refractivity contribution in [2.75, 3.05) is 13.1 Å². The molecule has 7 heteroatoms. The van der Waals surface area contributed by atoms with E-state index >= 15 is 0 Å². The van der Waals surface area contributed by atoms with Gasteiger partial charge in [0.2, 0.25) is 0 Å². The Morgan fingerprint density at radius 1 is 1.08 bits per heavy atom. The van der Waals surface area contributed by atoms with Crippen LogP contribution in [0.5, 0.6) is 11.5 Å². The third kappa shape index (κ3) is 3.30. The van der Waals surface area contributed by atoms with Crippen molar-refractivity contribution >= 4 is 12.4 Å². The summed E-state index contributed by atoms with van der Waals surface area (Å²) in [6.07, 6.45) is -4.58. The lowest BCUT2D eigenvalue weighted by Gasteiger charge is -2.22. The molecule has 0 aliphatic carbocycles. The van der Waals surface area contributed by atoms with Crippen LogP contribution in [0.2, 0.25) is 0 Å². The molecule has 3 N–H and O–H groups in total. The van der Waals surface area contributed by atoms with E-state index in [9.17, 15) is 23.4 Å². The molecule has 1 aliphatic heterocycles. The predicted octanol–water partition coefficient (Wildman–Crippen LogP) is 3.82. The summed E-state index contributed by atoms with van der Waals surface area (Å²) in [6.45, 7) is 0.849. The Kier molecular flexibility index (Phi) is 5.30. The van der Waals surface area contributed by atoms with Crippen molar-refractivity contribution in [1.29, 1.82) is 0 Å². The van der Waals surface area contributed by atoms with Crippen molar-refractivity contribution in [3.8, 4) is 11.5 Å². The molecule has 2 aromatic rings. The Morgan fingerprint density at radius 2 is 1.75 bits per heavy atom. The van der Waals surface area contributed by atoms with Crippen LogP contribution in [0.3, 0.4) is 0 Å². The number of rotatable bonds is 1. The molecule has 0 aromatic heterocycles.